The van der Waals surface area contributed by atoms with E-state index in [9.17, 15) is 4.79 Å². The highest BCUT2D eigenvalue weighted by atomic mass is 16.5. The average Bonchev–Trinajstić information content (AvgIpc) is 2.67. The predicted octanol–water partition coefficient (Wildman–Crippen LogP) is 1.35. The summed E-state index contributed by atoms with van der Waals surface area (Å²) in [6.07, 6.45) is 2.31. The van der Waals surface area contributed by atoms with Gasteiger partial charge in [0.25, 0.3) is 5.91 Å². The Morgan fingerprint density at radius 1 is 1.21 bits per heavy atom. The van der Waals surface area contributed by atoms with Crippen molar-refractivity contribution in [3.05, 3.63) is 23.8 Å². The lowest BCUT2D eigenvalue weighted by Crippen LogP contribution is -2.24. The second-order valence-electron chi connectivity index (χ2n) is 4.40. The molecule has 0 saturated heterocycles. The van der Waals surface area contributed by atoms with Gasteiger partial charge in [0.1, 0.15) is 0 Å². The third-order valence-electron chi connectivity index (χ3n) is 2.88. The summed E-state index contributed by atoms with van der Waals surface area (Å²) in [6.45, 7) is 1.96. The van der Waals surface area contributed by atoms with E-state index >= 15 is 0 Å². The topological polar surface area (TPSA) is 67.8 Å². The second-order valence-corrected chi connectivity index (χ2v) is 4.40. The number of aliphatic hydroxyl groups is 1. The largest absolute Gasteiger partial charge is 0.490 e. The molecule has 5 heteroatoms. The van der Waals surface area contributed by atoms with Crippen LogP contribution in [0.4, 0.5) is 0 Å². The minimum atomic E-state index is -0.131. The maximum atomic E-state index is 11.9. The fourth-order valence-electron chi connectivity index (χ4n) is 1.85. The van der Waals surface area contributed by atoms with Crippen molar-refractivity contribution < 1.29 is 19.4 Å². The van der Waals surface area contributed by atoms with Crippen LogP contribution in [0.2, 0.25) is 0 Å². The minimum Gasteiger partial charge on any atom is -0.490 e. The molecule has 104 valence electrons. The molecule has 0 atom stereocenters. The van der Waals surface area contributed by atoms with Gasteiger partial charge in [-0.25, -0.2) is 0 Å². The monoisotopic (exact) mass is 265 g/mol. The summed E-state index contributed by atoms with van der Waals surface area (Å²) in [5.74, 6) is 1.18. The number of carbonyl (C=O) groups is 1. The molecule has 1 aromatic carbocycles. The lowest BCUT2D eigenvalue weighted by atomic mass is 10.2. The zero-order valence-electron chi connectivity index (χ0n) is 10.9. The van der Waals surface area contributed by atoms with Crippen molar-refractivity contribution in [2.24, 2.45) is 0 Å². The van der Waals surface area contributed by atoms with Crippen LogP contribution in [-0.2, 0) is 0 Å². The predicted molar refractivity (Wildman–Crippen MR) is 70.7 cm³/mol. The Kier molecular flexibility index (Phi) is 5.03. The van der Waals surface area contributed by atoms with Crippen molar-refractivity contribution in [1.29, 1.82) is 0 Å². The van der Waals surface area contributed by atoms with E-state index in [1.807, 2.05) is 0 Å². The van der Waals surface area contributed by atoms with Gasteiger partial charge in [-0.3, -0.25) is 4.79 Å². The second kappa shape index (κ2) is 6.99. The molecular formula is C14H19NO4. The molecule has 0 bridgehead atoms. The Morgan fingerprint density at radius 2 is 2.00 bits per heavy atom. The van der Waals surface area contributed by atoms with Crippen molar-refractivity contribution in [1.82, 2.24) is 5.32 Å². The molecule has 0 aromatic heterocycles. The summed E-state index contributed by atoms with van der Waals surface area (Å²) in [6, 6.07) is 5.21. The first kappa shape index (κ1) is 13.7. The summed E-state index contributed by atoms with van der Waals surface area (Å²) in [7, 11) is 0. The van der Waals surface area contributed by atoms with E-state index in [0.29, 0.717) is 43.2 Å². The van der Waals surface area contributed by atoms with Gasteiger partial charge in [0.2, 0.25) is 0 Å². The smallest absolute Gasteiger partial charge is 0.251 e. The highest BCUT2D eigenvalue weighted by Gasteiger charge is 2.13. The van der Waals surface area contributed by atoms with Crippen LogP contribution >= 0.6 is 0 Å². The van der Waals surface area contributed by atoms with Gasteiger partial charge < -0.3 is 19.9 Å². The number of amides is 1. The van der Waals surface area contributed by atoms with Crippen LogP contribution in [0.15, 0.2) is 18.2 Å². The summed E-state index contributed by atoms with van der Waals surface area (Å²) in [5.41, 5.74) is 0.563. The number of benzene rings is 1. The number of unbranched alkanes of at least 4 members (excludes halogenated alkanes) is 1. The summed E-state index contributed by atoms with van der Waals surface area (Å²) in [4.78, 5) is 11.9. The molecule has 0 aliphatic carbocycles. The van der Waals surface area contributed by atoms with E-state index in [2.05, 4.69) is 5.32 Å². The quantitative estimate of drug-likeness (QED) is 0.789. The van der Waals surface area contributed by atoms with E-state index in [4.69, 9.17) is 14.6 Å². The molecule has 5 nitrogen and oxygen atoms in total. The van der Waals surface area contributed by atoms with Gasteiger partial charge in [0.15, 0.2) is 11.5 Å². The Bertz CT molecular complexity index is 433. The Balaban J connectivity index is 1.96. The molecule has 0 spiro atoms. The van der Waals surface area contributed by atoms with Crippen molar-refractivity contribution in [2.75, 3.05) is 26.4 Å². The summed E-state index contributed by atoms with van der Waals surface area (Å²) in [5, 5.41) is 11.5. The first-order chi connectivity index (χ1) is 9.31. The minimum absolute atomic E-state index is 0.131. The van der Waals surface area contributed by atoms with Crippen LogP contribution in [0, 0.1) is 0 Å². The van der Waals surface area contributed by atoms with Crippen molar-refractivity contribution in [3.8, 4) is 11.5 Å². The first-order valence-electron chi connectivity index (χ1n) is 6.60. The SMILES string of the molecule is O=C(NCCCCO)c1ccc2c(c1)OCCCO2. The number of carbonyl (C=O) groups excluding carboxylic acids is 1. The van der Waals surface area contributed by atoms with Gasteiger partial charge in [0, 0.05) is 25.1 Å². The molecule has 0 radical (unpaired) electrons. The molecule has 1 heterocycles. The number of nitrogens with one attached hydrogen (secondary N) is 1. The zero-order valence-corrected chi connectivity index (χ0v) is 10.9. The number of hydrogen-bond donors (Lipinski definition) is 2. The standard InChI is InChI=1S/C14H19NO4/c16-7-2-1-6-15-14(17)11-4-5-12-13(10-11)19-9-3-8-18-12/h4-5,10,16H,1-3,6-9H2,(H,15,17). The lowest BCUT2D eigenvalue weighted by Gasteiger charge is -2.09. The highest BCUT2D eigenvalue weighted by molar-refractivity contribution is 5.94. The Hall–Kier alpha value is -1.75. The van der Waals surface area contributed by atoms with Crippen LogP contribution in [0.3, 0.4) is 0 Å². The molecule has 0 unspecified atom stereocenters. The van der Waals surface area contributed by atoms with Gasteiger partial charge in [-0.2, -0.15) is 0 Å². The van der Waals surface area contributed by atoms with Crippen molar-refractivity contribution in [3.63, 3.8) is 0 Å². The van der Waals surface area contributed by atoms with Gasteiger partial charge in [-0.1, -0.05) is 0 Å². The van der Waals surface area contributed by atoms with Crippen LogP contribution in [0.5, 0.6) is 11.5 Å². The molecule has 2 N–H and O–H groups in total. The summed E-state index contributed by atoms with van der Waals surface area (Å²) >= 11 is 0. The van der Waals surface area contributed by atoms with Gasteiger partial charge in [0.05, 0.1) is 13.2 Å². The maximum Gasteiger partial charge on any atom is 0.251 e. The van der Waals surface area contributed by atoms with Crippen LogP contribution in [0.1, 0.15) is 29.6 Å². The fourth-order valence-corrected chi connectivity index (χ4v) is 1.85. The summed E-state index contributed by atoms with van der Waals surface area (Å²) < 4.78 is 11.1. The van der Waals surface area contributed by atoms with E-state index in [1.165, 1.54) is 0 Å². The molecule has 2 rings (SSSR count). The molecule has 0 saturated carbocycles. The third-order valence-corrected chi connectivity index (χ3v) is 2.88. The van der Waals surface area contributed by atoms with E-state index in [0.717, 1.165) is 12.8 Å². The van der Waals surface area contributed by atoms with Crippen molar-refractivity contribution >= 4 is 5.91 Å². The third kappa shape index (κ3) is 3.86. The number of hydrogen-bond acceptors (Lipinski definition) is 4. The van der Waals surface area contributed by atoms with E-state index in [-0.39, 0.29) is 12.5 Å². The van der Waals surface area contributed by atoms with E-state index in [1.54, 1.807) is 18.2 Å². The van der Waals surface area contributed by atoms with Crippen molar-refractivity contribution in [2.45, 2.75) is 19.3 Å². The van der Waals surface area contributed by atoms with Gasteiger partial charge in [-0.15, -0.1) is 0 Å². The van der Waals surface area contributed by atoms with Crippen LogP contribution < -0.4 is 14.8 Å². The van der Waals surface area contributed by atoms with Crippen LogP contribution in [-0.4, -0.2) is 37.4 Å². The molecular weight excluding hydrogens is 246 g/mol. The maximum absolute atomic E-state index is 11.9. The lowest BCUT2D eigenvalue weighted by molar-refractivity contribution is 0.0951. The van der Waals surface area contributed by atoms with Gasteiger partial charge in [-0.05, 0) is 31.0 Å². The normalized spacial score (nSPS) is 13.7. The first-order valence-corrected chi connectivity index (χ1v) is 6.60. The molecule has 19 heavy (non-hydrogen) atoms. The Labute approximate surface area is 112 Å². The fraction of sp³-hybridized carbons (Fsp3) is 0.500. The van der Waals surface area contributed by atoms with Crippen LogP contribution in [0.25, 0.3) is 0 Å². The molecule has 1 aliphatic rings. The molecule has 1 amide bonds. The highest BCUT2D eigenvalue weighted by Crippen LogP contribution is 2.30. The van der Waals surface area contributed by atoms with Gasteiger partial charge >= 0.3 is 0 Å². The number of aliphatic hydroxyl groups excluding tert-OH is 1. The number of rotatable bonds is 5. The number of fused-ring (bicyclic) bond motifs is 1. The van der Waals surface area contributed by atoms with E-state index < -0.39 is 0 Å². The molecule has 1 aliphatic heterocycles. The molecule has 0 fully saturated rings. The molecule has 1 aromatic rings. The number of ether oxygens (including phenoxy) is 2. The Morgan fingerprint density at radius 3 is 2.79 bits per heavy atom. The average molecular weight is 265 g/mol. The zero-order chi connectivity index (χ0) is 13.5.